The monoisotopic (exact) mass is 486 g/mol. The normalized spacial score (nSPS) is 21.5. The zero-order valence-corrected chi connectivity index (χ0v) is 19.0. The third kappa shape index (κ3) is 5.56. The number of rotatable bonds is 9. The number of ketones is 1. The van der Waals surface area contributed by atoms with Gasteiger partial charge in [-0.1, -0.05) is 55.8 Å². The van der Waals surface area contributed by atoms with Crippen LogP contribution in [-0.4, -0.2) is 60.7 Å². The van der Waals surface area contributed by atoms with E-state index in [4.69, 9.17) is 32.5 Å². The molecule has 30 heavy (non-hydrogen) atoms. The number of unbranched alkanes of at least 4 members (excludes halogenated alkanes) is 1. The molecule has 0 amide bonds. The molecular weight excluding hydrogens is 458 g/mol. The molecule has 1 aromatic carbocycles. The molecule has 2 aliphatic carbocycles. The van der Waals surface area contributed by atoms with Gasteiger partial charge in [0, 0.05) is 11.0 Å². The van der Waals surface area contributed by atoms with E-state index in [2.05, 4.69) is 6.92 Å². The Labute approximate surface area is 211 Å². The summed E-state index contributed by atoms with van der Waals surface area (Å²) in [5, 5.41) is 0.415. The average Bonchev–Trinajstić information content (AvgIpc) is 3.28. The van der Waals surface area contributed by atoms with Gasteiger partial charge in [0.1, 0.15) is 10.8 Å². The Hall–Kier alpha value is 0.180. The summed E-state index contributed by atoms with van der Waals surface area (Å²) in [6, 6.07) is 1.79. The summed E-state index contributed by atoms with van der Waals surface area (Å²) in [7, 11) is -4.03. The third-order valence-electron chi connectivity index (χ3n) is 6.36. The van der Waals surface area contributed by atoms with E-state index in [1.807, 2.05) is 0 Å². The van der Waals surface area contributed by atoms with Crippen LogP contribution in [0.5, 0.6) is 5.75 Å². The first-order valence-electron chi connectivity index (χ1n) is 10.3. The summed E-state index contributed by atoms with van der Waals surface area (Å²) in [6.45, 7) is 2.21. The summed E-state index contributed by atoms with van der Waals surface area (Å²) in [5.74, 6) is 0.473. The van der Waals surface area contributed by atoms with Crippen molar-refractivity contribution < 1.29 is 22.5 Å². The van der Waals surface area contributed by atoms with Crippen LogP contribution in [0.3, 0.4) is 0 Å². The number of hydrogen-bond acceptors (Lipinski definition) is 4. The number of hydrogen-bond donors (Lipinski definition) is 1. The van der Waals surface area contributed by atoms with Crippen molar-refractivity contribution in [1.29, 1.82) is 0 Å². The Bertz CT molecular complexity index is 884. The summed E-state index contributed by atoms with van der Waals surface area (Å²) in [4.78, 5) is 13.6. The Morgan fingerprint density at radius 1 is 1.20 bits per heavy atom. The van der Waals surface area contributed by atoms with Crippen LogP contribution in [0, 0.1) is 11.3 Å². The molecule has 5 nitrogen and oxygen atoms in total. The minimum atomic E-state index is -4.03. The van der Waals surface area contributed by atoms with Gasteiger partial charge in [-0.25, -0.2) is 0 Å². The van der Waals surface area contributed by atoms with Crippen LogP contribution < -0.4 is 4.74 Å². The molecular formula is C21H29Cl2NaO5S. The van der Waals surface area contributed by atoms with E-state index in [1.54, 1.807) is 6.07 Å². The SMILES string of the molecule is CCCCC1(C2CCCC2)Cc2cc(OCCCS(=O)(=O)O)c(Cl)c(Cl)c2C1=O.[NaH]. The van der Waals surface area contributed by atoms with Crippen molar-refractivity contribution in [2.45, 2.75) is 64.7 Å². The molecule has 0 saturated heterocycles. The van der Waals surface area contributed by atoms with Gasteiger partial charge in [0.05, 0.1) is 17.4 Å². The molecule has 1 N–H and O–H groups in total. The third-order valence-corrected chi connectivity index (χ3v) is 8.01. The van der Waals surface area contributed by atoms with E-state index in [-0.39, 0.29) is 64.2 Å². The van der Waals surface area contributed by atoms with Crippen LogP contribution in [0.2, 0.25) is 10.0 Å². The number of ether oxygens (including phenoxy) is 1. The molecule has 0 aromatic heterocycles. The number of halogens is 2. The fraction of sp³-hybridized carbons (Fsp3) is 0.667. The number of benzene rings is 1. The number of carbonyl (C=O) groups excluding carboxylic acids is 1. The van der Waals surface area contributed by atoms with Crippen molar-refractivity contribution in [3.8, 4) is 5.75 Å². The number of Topliss-reactive ketones (excluding diaryl/α,β-unsaturated/α-hetero) is 1. The van der Waals surface area contributed by atoms with Crippen molar-refractivity contribution in [3.63, 3.8) is 0 Å². The van der Waals surface area contributed by atoms with Crippen LogP contribution in [0.1, 0.15) is 74.2 Å². The second-order valence-electron chi connectivity index (χ2n) is 8.27. The molecule has 0 radical (unpaired) electrons. The topological polar surface area (TPSA) is 80.7 Å². The van der Waals surface area contributed by atoms with E-state index < -0.39 is 15.5 Å². The van der Waals surface area contributed by atoms with Crippen LogP contribution in [0.4, 0.5) is 0 Å². The summed E-state index contributed by atoms with van der Waals surface area (Å²) in [6.07, 6.45) is 8.17. The van der Waals surface area contributed by atoms with Gasteiger partial charge in [-0.2, -0.15) is 8.42 Å². The molecule has 1 fully saturated rings. The number of carbonyl (C=O) groups is 1. The van der Waals surface area contributed by atoms with Crippen LogP contribution >= 0.6 is 23.2 Å². The molecule has 0 spiro atoms. The van der Waals surface area contributed by atoms with E-state index in [9.17, 15) is 13.2 Å². The van der Waals surface area contributed by atoms with Gasteiger partial charge in [0.2, 0.25) is 0 Å². The molecule has 164 valence electrons. The van der Waals surface area contributed by atoms with E-state index in [0.29, 0.717) is 23.7 Å². The minimum absolute atomic E-state index is 0. The van der Waals surface area contributed by atoms with Gasteiger partial charge in [0.25, 0.3) is 10.1 Å². The van der Waals surface area contributed by atoms with Gasteiger partial charge in [-0.15, -0.1) is 0 Å². The summed E-state index contributed by atoms with van der Waals surface area (Å²) in [5.41, 5.74) is 1.01. The molecule has 0 heterocycles. The first-order valence-corrected chi connectivity index (χ1v) is 12.7. The Kier molecular flexibility index (Phi) is 9.57. The molecule has 0 aliphatic heterocycles. The van der Waals surface area contributed by atoms with Crippen molar-refractivity contribution in [3.05, 3.63) is 27.2 Å². The Balaban J connectivity index is 0.00000320. The van der Waals surface area contributed by atoms with Gasteiger partial charge in [-0.3, -0.25) is 9.35 Å². The second-order valence-corrected chi connectivity index (χ2v) is 10.6. The maximum atomic E-state index is 13.6. The zero-order valence-electron chi connectivity index (χ0n) is 16.7. The molecule has 1 atom stereocenters. The molecule has 1 unspecified atom stereocenters. The second kappa shape index (κ2) is 10.9. The predicted octanol–water partition coefficient (Wildman–Crippen LogP) is 5.11. The molecule has 2 aliphatic rings. The van der Waals surface area contributed by atoms with Crippen molar-refractivity contribution in [1.82, 2.24) is 0 Å². The molecule has 1 aromatic rings. The zero-order chi connectivity index (χ0) is 21.2. The first-order chi connectivity index (χ1) is 13.7. The Morgan fingerprint density at radius 2 is 1.87 bits per heavy atom. The standard InChI is InChI=1S/C21H28Cl2O5S.Na.H/c1-2-3-9-21(15-7-4-5-8-15)13-14-12-16(28-10-6-11-29(25,26)27)18(22)19(23)17(14)20(21)24;;/h12,15H,2-11,13H2,1H3,(H,25,26,27);;. The summed E-state index contributed by atoms with van der Waals surface area (Å²) < 4.78 is 36.2. The summed E-state index contributed by atoms with van der Waals surface area (Å²) >= 11 is 12.9. The van der Waals surface area contributed by atoms with Gasteiger partial charge in [0.15, 0.2) is 5.78 Å². The quantitative estimate of drug-likeness (QED) is 0.298. The van der Waals surface area contributed by atoms with Gasteiger partial charge in [-0.05, 0) is 49.7 Å². The van der Waals surface area contributed by atoms with Gasteiger partial charge >= 0.3 is 29.6 Å². The Morgan fingerprint density at radius 3 is 2.47 bits per heavy atom. The maximum absolute atomic E-state index is 13.6. The van der Waals surface area contributed by atoms with E-state index >= 15 is 0 Å². The van der Waals surface area contributed by atoms with Crippen molar-refractivity contribution in [2.24, 2.45) is 11.3 Å². The van der Waals surface area contributed by atoms with Crippen molar-refractivity contribution >= 4 is 68.7 Å². The number of fused-ring (bicyclic) bond motifs is 1. The molecule has 3 rings (SSSR count). The fourth-order valence-electron chi connectivity index (χ4n) is 4.94. The molecule has 0 bridgehead atoms. The fourth-order valence-corrected chi connectivity index (χ4v) is 5.93. The van der Waals surface area contributed by atoms with Gasteiger partial charge < -0.3 is 4.74 Å². The van der Waals surface area contributed by atoms with E-state index in [1.165, 1.54) is 12.8 Å². The van der Waals surface area contributed by atoms with Crippen LogP contribution in [0.15, 0.2) is 6.07 Å². The predicted molar refractivity (Wildman–Crippen MR) is 122 cm³/mol. The average molecular weight is 487 g/mol. The van der Waals surface area contributed by atoms with Crippen LogP contribution in [0.25, 0.3) is 0 Å². The molecule has 9 heteroatoms. The first kappa shape index (κ1) is 26.4. The van der Waals surface area contributed by atoms with Crippen LogP contribution in [-0.2, 0) is 16.5 Å². The van der Waals surface area contributed by atoms with E-state index in [0.717, 1.165) is 37.7 Å². The molecule has 1 saturated carbocycles. The van der Waals surface area contributed by atoms with Crippen molar-refractivity contribution in [2.75, 3.05) is 12.4 Å².